The van der Waals surface area contributed by atoms with Gasteiger partial charge < -0.3 is 5.32 Å². The fourth-order valence-electron chi connectivity index (χ4n) is 1.99. The van der Waals surface area contributed by atoms with Gasteiger partial charge in [-0.25, -0.2) is 4.39 Å². The molecule has 2 heteroatoms. The zero-order valence-electron chi connectivity index (χ0n) is 8.54. The van der Waals surface area contributed by atoms with Gasteiger partial charge in [0.15, 0.2) is 0 Å². The lowest BCUT2D eigenvalue weighted by atomic mass is 9.76. The highest BCUT2D eigenvalue weighted by molar-refractivity contribution is 5.23. The Kier molecular flexibility index (Phi) is 3.03. The predicted molar refractivity (Wildman–Crippen MR) is 59.0 cm³/mol. The van der Waals surface area contributed by atoms with Crippen LogP contribution in [0.15, 0.2) is 24.3 Å². The van der Waals surface area contributed by atoms with Gasteiger partial charge in [-0.2, -0.15) is 0 Å². The average molecular weight is 203 g/mol. The van der Waals surface area contributed by atoms with Gasteiger partial charge in [0.1, 0.15) is 5.82 Å². The van der Waals surface area contributed by atoms with Crippen LogP contribution in [0.1, 0.15) is 24.3 Å². The van der Waals surface area contributed by atoms with Crippen molar-refractivity contribution in [1.82, 2.24) is 5.32 Å². The Hall–Kier alpha value is -1.33. The first kappa shape index (κ1) is 10.2. The van der Waals surface area contributed by atoms with Crippen LogP contribution >= 0.6 is 0 Å². The van der Waals surface area contributed by atoms with E-state index in [0.717, 1.165) is 12.8 Å². The zero-order valence-corrected chi connectivity index (χ0v) is 8.54. The minimum atomic E-state index is -0.167. The molecule has 0 heterocycles. The lowest BCUT2D eigenvalue weighted by Crippen LogP contribution is -2.40. The summed E-state index contributed by atoms with van der Waals surface area (Å²) < 4.78 is 12.7. The summed E-state index contributed by atoms with van der Waals surface area (Å²) in [5.74, 6) is 2.97. The first-order valence-electron chi connectivity index (χ1n) is 5.22. The quantitative estimate of drug-likeness (QED) is 0.743. The Morgan fingerprint density at radius 2 is 2.00 bits per heavy atom. The third kappa shape index (κ3) is 2.37. The molecule has 0 radical (unpaired) electrons. The van der Waals surface area contributed by atoms with Crippen molar-refractivity contribution in [1.29, 1.82) is 0 Å². The van der Waals surface area contributed by atoms with Gasteiger partial charge >= 0.3 is 0 Å². The van der Waals surface area contributed by atoms with Gasteiger partial charge in [-0.05, 0) is 36.5 Å². The van der Waals surface area contributed by atoms with E-state index in [1.165, 1.54) is 17.7 Å². The number of benzene rings is 1. The van der Waals surface area contributed by atoms with E-state index in [2.05, 4.69) is 11.2 Å². The molecule has 0 aromatic heterocycles. The van der Waals surface area contributed by atoms with Crippen LogP contribution in [0.5, 0.6) is 0 Å². The molecule has 2 rings (SSSR count). The van der Waals surface area contributed by atoms with Crippen molar-refractivity contribution in [3.8, 4) is 12.3 Å². The molecule has 15 heavy (non-hydrogen) atoms. The third-order valence-corrected chi connectivity index (χ3v) is 2.97. The van der Waals surface area contributed by atoms with E-state index in [-0.39, 0.29) is 5.82 Å². The third-order valence-electron chi connectivity index (χ3n) is 2.97. The van der Waals surface area contributed by atoms with E-state index in [9.17, 15) is 4.39 Å². The smallest absolute Gasteiger partial charge is 0.123 e. The molecule has 1 aromatic rings. The molecule has 0 spiro atoms. The first-order valence-corrected chi connectivity index (χ1v) is 5.22. The molecular weight excluding hydrogens is 189 g/mol. The molecule has 1 N–H and O–H groups in total. The second kappa shape index (κ2) is 4.46. The Labute approximate surface area is 89.7 Å². The number of halogens is 1. The van der Waals surface area contributed by atoms with Gasteiger partial charge in [-0.15, -0.1) is 6.42 Å². The summed E-state index contributed by atoms with van der Waals surface area (Å²) in [7, 11) is 0. The molecule has 0 saturated heterocycles. The van der Waals surface area contributed by atoms with Crippen LogP contribution < -0.4 is 5.32 Å². The molecule has 0 amide bonds. The molecular formula is C13H14FN. The molecule has 1 fully saturated rings. The topological polar surface area (TPSA) is 12.0 Å². The minimum absolute atomic E-state index is 0.167. The van der Waals surface area contributed by atoms with Crippen molar-refractivity contribution in [2.45, 2.75) is 24.8 Å². The maximum atomic E-state index is 12.7. The Morgan fingerprint density at radius 1 is 1.33 bits per heavy atom. The van der Waals surface area contributed by atoms with Crippen LogP contribution in [0.4, 0.5) is 4.39 Å². The van der Waals surface area contributed by atoms with Crippen molar-refractivity contribution in [2.75, 3.05) is 6.54 Å². The standard InChI is InChI=1S/C13H14FN/c1-2-7-15-13-8-11(9-13)10-3-5-12(14)6-4-10/h1,3-6,11,13,15H,7-9H2. The van der Waals surface area contributed by atoms with Gasteiger partial charge in [-0.1, -0.05) is 18.1 Å². The highest BCUT2D eigenvalue weighted by Gasteiger charge is 2.29. The molecule has 1 aliphatic rings. The van der Waals surface area contributed by atoms with Crippen LogP contribution in [0.3, 0.4) is 0 Å². The highest BCUT2D eigenvalue weighted by Crippen LogP contribution is 2.36. The second-order valence-electron chi connectivity index (χ2n) is 4.00. The fraction of sp³-hybridized carbons (Fsp3) is 0.385. The Morgan fingerprint density at radius 3 is 2.60 bits per heavy atom. The lowest BCUT2D eigenvalue weighted by Gasteiger charge is -2.36. The Balaban J connectivity index is 1.84. The van der Waals surface area contributed by atoms with Crippen LogP contribution in [0, 0.1) is 18.2 Å². The molecule has 0 unspecified atom stereocenters. The number of hydrogen-bond acceptors (Lipinski definition) is 1. The van der Waals surface area contributed by atoms with Crippen molar-refractivity contribution in [3.63, 3.8) is 0 Å². The monoisotopic (exact) mass is 203 g/mol. The van der Waals surface area contributed by atoms with Gasteiger partial charge in [0.25, 0.3) is 0 Å². The van der Waals surface area contributed by atoms with E-state index >= 15 is 0 Å². The number of terminal acetylenes is 1. The summed E-state index contributed by atoms with van der Waals surface area (Å²) >= 11 is 0. The van der Waals surface area contributed by atoms with Crippen molar-refractivity contribution in [2.24, 2.45) is 0 Å². The van der Waals surface area contributed by atoms with Gasteiger partial charge in [-0.3, -0.25) is 0 Å². The van der Waals surface area contributed by atoms with Crippen LogP contribution in [0.2, 0.25) is 0 Å². The molecule has 0 atom stereocenters. The van der Waals surface area contributed by atoms with E-state index in [4.69, 9.17) is 6.42 Å². The maximum Gasteiger partial charge on any atom is 0.123 e. The summed E-state index contributed by atoms with van der Waals surface area (Å²) in [5, 5.41) is 3.27. The zero-order chi connectivity index (χ0) is 10.7. The van der Waals surface area contributed by atoms with E-state index in [1.54, 1.807) is 0 Å². The molecule has 1 aromatic carbocycles. The predicted octanol–water partition coefficient (Wildman–Crippen LogP) is 2.29. The summed E-state index contributed by atoms with van der Waals surface area (Å²) in [6.45, 7) is 0.640. The molecule has 0 bridgehead atoms. The molecule has 1 saturated carbocycles. The molecule has 0 aliphatic heterocycles. The van der Waals surface area contributed by atoms with Crippen molar-refractivity contribution in [3.05, 3.63) is 35.6 Å². The number of hydrogen-bond donors (Lipinski definition) is 1. The SMILES string of the molecule is C#CCNC1CC(c2ccc(F)cc2)C1. The highest BCUT2D eigenvalue weighted by atomic mass is 19.1. The molecule has 1 nitrogen and oxygen atoms in total. The number of nitrogens with one attached hydrogen (secondary N) is 1. The summed E-state index contributed by atoms with van der Waals surface area (Å²) in [6.07, 6.45) is 7.37. The van der Waals surface area contributed by atoms with Gasteiger partial charge in [0.2, 0.25) is 0 Å². The fourth-order valence-corrected chi connectivity index (χ4v) is 1.99. The van der Waals surface area contributed by atoms with E-state index in [1.807, 2.05) is 12.1 Å². The average Bonchev–Trinajstić information content (AvgIpc) is 2.18. The normalized spacial score (nSPS) is 24.3. The molecule has 78 valence electrons. The van der Waals surface area contributed by atoms with Crippen LogP contribution in [0.25, 0.3) is 0 Å². The largest absolute Gasteiger partial charge is 0.303 e. The summed E-state index contributed by atoms with van der Waals surface area (Å²) in [5.41, 5.74) is 1.23. The lowest BCUT2D eigenvalue weighted by molar-refractivity contribution is 0.300. The minimum Gasteiger partial charge on any atom is -0.303 e. The van der Waals surface area contributed by atoms with Gasteiger partial charge in [0, 0.05) is 6.04 Å². The maximum absolute atomic E-state index is 12.7. The molecule has 1 aliphatic carbocycles. The van der Waals surface area contributed by atoms with Gasteiger partial charge in [0.05, 0.1) is 6.54 Å². The van der Waals surface area contributed by atoms with Crippen LogP contribution in [-0.4, -0.2) is 12.6 Å². The second-order valence-corrected chi connectivity index (χ2v) is 4.00. The number of rotatable bonds is 3. The summed E-state index contributed by atoms with van der Waals surface area (Å²) in [6, 6.07) is 7.33. The van der Waals surface area contributed by atoms with Crippen molar-refractivity contribution >= 4 is 0 Å². The first-order chi connectivity index (χ1) is 7.29. The van der Waals surface area contributed by atoms with Crippen LogP contribution in [-0.2, 0) is 0 Å². The van der Waals surface area contributed by atoms with Crippen molar-refractivity contribution < 1.29 is 4.39 Å². The van der Waals surface area contributed by atoms with E-state index < -0.39 is 0 Å². The van der Waals surface area contributed by atoms with E-state index in [0.29, 0.717) is 18.5 Å². The Bertz CT molecular complexity index is 357. The summed E-state index contributed by atoms with van der Waals surface area (Å²) in [4.78, 5) is 0.